The van der Waals surface area contributed by atoms with Crippen molar-refractivity contribution < 1.29 is 44.3 Å². The van der Waals surface area contributed by atoms with E-state index in [9.17, 15) is 39.5 Å². The molecular formula is C22H15F9N2O. The van der Waals surface area contributed by atoms with Crippen LogP contribution in [0.25, 0.3) is 10.9 Å². The fourth-order valence-corrected chi connectivity index (χ4v) is 4.76. The van der Waals surface area contributed by atoms with Crippen LogP contribution in [0.15, 0.2) is 42.5 Å². The molecule has 1 saturated heterocycles. The van der Waals surface area contributed by atoms with Crippen molar-refractivity contribution in [3.8, 4) is 0 Å². The van der Waals surface area contributed by atoms with Gasteiger partial charge in [-0.1, -0.05) is 0 Å². The highest BCUT2D eigenvalue weighted by atomic mass is 19.4. The van der Waals surface area contributed by atoms with E-state index in [0.29, 0.717) is 36.4 Å². The van der Waals surface area contributed by atoms with Crippen LogP contribution in [-0.2, 0) is 23.3 Å². The van der Waals surface area contributed by atoms with Crippen molar-refractivity contribution in [2.75, 3.05) is 11.9 Å². The Hall–Kier alpha value is -2.89. The number of fused-ring (bicyclic) bond motifs is 5. The molecular weight excluding hydrogens is 479 g/mol. The lowest BCUT2D eigenvalue weighted by molar-refractivity contribution is -0.143. The fraction of sp³-hybridized carbons (Fsp3) is 0.364. The third-order valence-electron chi connectivity index (χ3n) is 6.21. The van der Waals surface area contributed by atoms with Gasteiger partial charge in [0.25, 0.3) is 0 Å². The monoisotopic (exact) mass is 494 g/mol. The molecule has 2 aliphatic rings. The summed E-state index contributed by atoms with van der Waals surface area (Å²) in [6.45, 7) is 0.295. The predicted molar refractivity (Wildman–Crippen MR) is 103 cm³/mol. The third-order valence-corrected chi connectivity index (χ3v) is 6.21. The van der Waals surface area contributed by atoms with E-state index in [1.807, 2.05) is 0 Å². The first kappa shape index (κ1) is 22.9. The molecule has 0 aliphatic carbocycles. The molecule has 1 N–H and O–H groups in total. The first-order valence-corrected chi connectivity index (χ1v) is 10.1. The molecule has 2 aromatic carbocycles. The van der Waals surface area contributed by atoms with Crippen LogP contribution in [0.4, 0.5) is 45.2 Å². The Morgan fingerprint density at radius 2 is 1.38 bits per heavy atom. The molecule has 5 rings (SSSR count). The van der Waals surface area contributed by atoms with Crippen LogP contribution in [0.5, 0.6) is 0 Å². The Balaban J connectivity index is 1.59. The van der Waals surface area contributed by atoms with E-state index in [4.69, 9.17) is 4.74 Å². The molecule has 0 amide bonds. The zero-order valence-corrected chi connectivity index (χ0v) is 16.9. The van der Waals surface area contributed by atoms with Crippen molar-refractivity contribution >= 4 is 16.6 Å². The smallest absolute Gasteiger partial charge is 0.376 e. The van der Waals surface area contributed by atoms with Crippen molar-refractivity contribution in [1.82, 2.24) is 4.57 Å². The summed E-state index contributed by atoms with van der Waals surface area (Å²) in [4.78, 5) is 0. The number of benzene rings is 2. The van der Waals surface area contributed by atoms with Gasteiger partial charge >= 0.3 is 18.5 Å². The van der Waals surface area contributed by atoms with Gasteiger partial charge in [-0.3, -0.25) is 0 Å². The number of ether oxygens (including phenoxy) is 1. The number of aromatic nitrogens is 1. The maximum Gasteiger partial charge on any atom is 0.416 e. The number of hydrogen-bond acceptors (Lipinski definition) is 2. The molecule has 1 aromatic heterocycles. The Kier molecular flexibility index (Phi) is 4.91. The largest absolute Gasteiger partial charge is 0.416 e. The van der Waals surface area contributed by atoms with E-state index in [1.165, 1.54) is 12.1 Å². The maximum absolute atomic E-state index is 13.3. The summed E-state index contributed by atoms with van der Waals surface area (Å²) < 4.78 is 126. The average molecular weight is 494 g/mol. The van der Waals surface area contributed by atoms with Gasteiger partial charge in [-0.05, 0) is 48.9 Å². The topological polar surface area (TPSA) is 26.2 Å². The minimum atomic E-state index is -5.00. The van der Waals surface area contributed by atoms with Crippen LogP contribution >= 0.6 is 0 Å². The molecule has 3 aromatic rings. The molecule has 0 radical (unpaired) electrons. The van der Waals surface area contributed by atoms with E-state index in [0.717, 1.165) is 12.1 Å². The quantitative estimate of drug-likeness (QED) is 0.376. The van der Waals surface area contributed by atoms with Gasteiger partial charge in [0.15, 0.2) is 0 Å². The maximum atomic E-state index is 13.3. The number of hydrogen-bond donors (Lipinski definition) is 1. The average Bonchev–Trinajstić information content (AvgIpc) is 3.38. The molecule has 34 heavy (non-hydrogen) atoms. The van der Waals surface area contributed by atoms with Crippen LogP contribution < -0.4 is 5.32 Å². The standard InChI is InChI=1S/C22H15F9N2O/c23-20(24,25)11-1-2-16-10(5-11)6-17-18(15-3-4-34-19(15)33(16)17)32-14-8-12(21(26,27)28)7-13(9-14)22(29,30)31/h1-2,5-9,15,18-19,32H,3-4H2/t15-,18+,19-/m0/s1. The first-order chi connectivity index (χ1) is 15.7. The summed E-state index contributed by atoms with van der Waals surface area (Å²) in [6.07, 6.45) is -14.7. The summed E-state index contributed by atoms with van der Waals surface area (Å²) in [5, 5.41) is 3.02. The number of halogens is 9. The van der Waals surface area contributed by atoms with E-state index in [-0.39, 0.29) is 17.4 Å². The molecule has 1 fully saturated rings. The van der Waals surface area contributed by atoms with Gasteiger partial charge in [0, 0.05) is 29.3 Å². The fourth-order valence-electron chi connectivity index (χ4n) is 4.76. The molecule has 0 bridgehead atoms. The highest BCUT2D eigenvalue weighted by Crippen LogP contribution is 2.51. The summed E-state index contributed by atoms with van der Waals surface area (Å²) >= 11 is 0. The SMILES string of the molecule is FC(F)(F)c1cc(N[C@H]2c3cc4cc(C(F)(F)F)ccc4n3[C@H]3OCC[C@@H]23)cc(C(F)(F)F)c1. The predicted octanol–water partition coefficient (Wildman–Crippen LogP) is 7.40. The molecule has 3 heterocycles. The Bertz CT molecular complexity index is 1220. The molecule has 0 unspecified atom stereocenters. The Labute approximate surface area is 186 Å². The van der Waals surface area contributed by atoms with E-state index in [1.54, 1.807) is 4.57 Å². The van der Waals surface area contributed by atoms with Crippen LogP contribution in [0.3, 0.4) is 0 Å². The molecule has 2 aliphatic heterocycles. The molecule has 12 heteroatoms. The lowest BCUT2D eigenvalue weighted by atomic mass is 9.96. The summed E-state index contributed by atoms with van der Waals surface area (Å²) in [6, 6.07) is 5.07. The molecule has 0 spiro atoms. The lowest BCUT2D eigenvalue weighted by Gasteiger charge is -2.22. The summed E-state index contributed by atoms with van der Waals surface area (Å²) in [5.74, 6) is -0.328. The molecule has 182 valence electrons. The highest BCUT2D eigenvalue weighted by Gasteiger charge is 2.46. The van der Waals surface area contributed by atoms with Crippen LogP contribution in [0.1, 0.15) is 41.1 Å². The Morgan fingerprint density at radius 3 is 1.97 bits per heavy atom. The summed E-state index contributed by atoms with van der Waals surface area (Å²) in [7, 11) is 0. The van der Waals surface area contributed by atoms with Crippen LogP contribution in [0, 0.1) is 5.92 Å². The second kappa shape index (κ2) is 7.30. The van der Waals surface area contributed by atoms with E-state index < -0.39 is 53.2 Å². The van der Waals surface area contributed by atoms with Crippen LogP contribution in [0.2, 0.25) is 0 Å². The first-order valence-electron chi connectivity index (χ1n) is 10.1. The summed E-state index contributed by atoms with van der Waals surface area (Å²) in [5.41, 5.74) is -3.33. The van der Waals surface area contributed by atoms with E-state index >= 15 is 0 Å². The van der Waals surface area contributed by atoms with Gasteiger partial charge in [-0.2, -0.15) is 39.5 Å². The van der Waals surface area contributed by atoms with Gasteiger partial charge in [0.1, 0.15) is 6.23 Å². The molecule has 0 saturated carbocycles. The number of anilines is 1. The van der Waals surface area contributed by atoms with Crippen LogP contribution in [-0.4, -0.2) is 11.2 Å². The minimum Gasteiger partial charge on any atom is -0.376 e. The zero-order chi connectivity index (χ0) is 24.6. The highest BCUT2D eigenvalue weighted by molar-refractivity contribution is 5.83. The second-order valence-corrected chi connectivity index (χ2v) is 8.34. The molecule has 3 atom stereocenters. The van der Waals surface area contributed by atoms with Gasteiger partial charge in [-0.25, -0.2) is 0 Å². The van der Waals surface area contributed by atoms with Crippen molar-refractivity contribution in [2.45, 2.75) is 37.2 Å². The van der Waals surface area contributed by atoms with Crippen molar-refractivity contribution in [1.29, 1.82) is 0 Å². The van der Waals surface area contributed by atoms with Gasteiger partial charge in [-0.15, -0.1) is 0 Å². The number of nitrogens with zero attached hydrogens (tertiary/aromatic N) is 1. The number of nitrogens with one attached hydrogen (secondary N) is 1. The van der Waals surface area contributed by atoms with Crippen molar-refractivity contribution in [3.05, 3.63) is 64.8 Å². The van der Waals surface area contributed by atoms with Gasteiger partial charge in [0.2, 0.25) is 0 Å². The van der Waals surface area contributed by atoms with Gasteiger partial charge in [0.05, 0.1) is 28.2 Å². The van der Waals surface area contributed by atoms with Gasteiger partial charge < -0.3 is 14.6 Å². The zero-order valence-electron chi connectivity index (χ0n) is 16.9. The lowest BCUT2D eigenvalue weighted by Crippen LogP contribution is -2.18. The normalized spacial score (nSPS) is 22.8. The van der Waals surface area contributed by atoms with Crippen molar-refractivity contribution in [2.24, 2.45) is 5.92 Å². The van der Waals surface area contributed by atoms with Crippen molar-refractivity contribution in [3.63, 3.8) is 0 Å². The second-order valence-electron chi connectivity index (χ2n) is 8.34. The minimum absolute atomic E-state index is 0.0387. The third kappa shape index (κ3) is 3.77. The number of alkyl halides is 9. The van der Waals surface area contributed by atoms with E-state index in [2.05, 4.69) is 5.32 Å². The number of rotatable bonds is 2. The Morgan fingerprint density at radius 1 is 0.765 bits per heavy atom. The molecule has 3 nitrogen and oxygen atoms in total.